The van der Waals surface area contributed by atoms with Gasteiger partial charge in [0.15, 0.2) is 11.5 Å². The zero-order valence-electron chi connectivity index (χ0n) is 13.8. The van der Waals surface area contributed by atoms with E-state index in [0.29, 0.717) is 22.7 Å². The van der Waals surface area contributed by atoms with Crippen LogP contribution in [0.4, 0.5) is 14.5 Å². The zero-order valence-corrected chi connectivity index (χ0v) is 13.8. The highest BCUT2D eigenvalue weighted by atomic mass is 19.1. The third-order valence-electron chi connectivity index (χ3n) is 3.96. The Labute approximate surface area is 143 Å². The van der Waals surface area contributed by atoms with Gasteiger partial charge in [-0.25, -0.2) is 8.78 Å². The van der Waals surface area contributed by atoms with Gasteiger partial charge in [-0.2, -0.15) is 0 Å². The molecule has 0 saturated carbocycles. The van der Waals surface area contributed by atoms with Crippen LogP contribution in [0.5, 0.6) is 11.5 Å². The zero-order chi connectivity index (χ0) is 18.0. The summed E-state index contributed by atoms with van der Waals surface area (Å²) in [5.74, 6) is -0.372. The summed E-state index contributed by atoms with van der Waals surface area (Å²) in [6.45, 7) is 3.53. The molecule has 25 heavy (non-hydrogen) atoms. The van der Waals surface area contributed by atoms with E-state index in [-0.39, 0.29) is 12.7 Å². The van der Waals surface area contributed by atoms with Gasteiger partial charge in [0, 0.05) is 29.4 Å². The number of rotatable bonds is 5. The fourth-order valence-corrected chi connectivity index (χ4v) is 2.62. The van der Waals surface area contributed by atoms with E-state index in [1.165, 1.54) is 12.1 Å². The number of nitrogens with one attached hydrogen (secondary N) is 2. The van der Waals surface area contributed by atoms with E-state index in [1.54, 1.807) is 32.0 Å². The average Bonchev–Trinajstić information content (AvgIpc) is 3.02. The summed E-state index contributed by atoms with van der Waals surface area (Å²) < 4.78 is 37.3. The van der Waals surface area contributed by atoms with E-state index in [9.17, 15) is 13.6 Å². The molecule has 1 aliphatic rings. The first-order chi connectivity index (χ1) is 11.9. The van der Waals surface area contributed by atoms with Gasteiger partial charge in [-0.1, -0.05) is 6.07 Å². The normalized spacial score (nSPS) is 14.9. The van der Waals surface area contributed by atoms with E-state index >= 15 is 0 Å². The van der Waals surface area contributed by atoms with E-state index in [4.69, 9.17) is 9.47 Å². The van der Waals surface area contributed by atoms with Crippen molar-refractivity contribution in [2.45, 2.75) is 25.9 Å². The molecule has 5 nitrogen and oxygen atoms in total. The minimum absolute atomic E-state index is 0.158. The lowest BCUT2D eigenvalue weighted by Gasteiger charge is -2.20. The number of hydrogen-bond acceptors (Lipinski definition) is 4. The molecule has 1 amide bonds. The molecule has 0 bridgehead atoms. The van der Waals surface area contributed by atoms with Crippen molar-refractivity contribution in [1.29, 1.82) is 0 Å². The molecule has 0 radical (unpaired) electrons. The Bertz CT molecular complexity index is 798. The van der Waals surface area contributed by atoms with Crippen molar-refractivity contribution in [3.05, 3.63) is 53.6 Å². The SMILES string of the molecule is C[C@H](N[C@@H](C)c1ccc(F)cc1F)C(=O)Nc1ccc2c(c1)OCO2. The Morgan fingerprint density at radius 2 is 1.84 bits per heavy atom. The molecule has 132 valence electrons. The molecule has 0 unspecified atom stereocenters. The molecule has 0 aromatic heterocycles. The van der Waals surface area contributed by atoms with Crippen LogP contribution in [-0.4, -0.2) is 18.7 Å². The van der Waals surface area contributed by atoms with Crippen molar-refractivity contribution in [3.63, 3.8) is 0 Å². The number of ether oxygens (including phenoxy) is 2. The number of amides is 1. The minimum atomic E-state index is -0.650. The highest BCUT2D eigenvalue weighted by Crippen LogP contribution is 2.34. The van der Waals surface area contributed by atoms with Gasteiger partial charge in [-0.3, -0.25) is 10.1 Å². The third kappa shape index (κ3) is 3.88. The van der Waals surface area contributed by atoms with Crippen LogP contribution in [0.15, 0.2) is 36.4 Å². The molecule has 0 aliphatic carbocycles. The number of carbonyl (C=O) groups is 1. The maximum absolute atomic E-state index is 13.8. The fraction of sp³-hybridized carbons (Fsp3) is 0.278. The Balaban J connectivity index is 1.62. The van der Waals surface area contributed by atoms with Gasteiger partial charge in [0.1, 0.15) is 11.6 Å². The second kappa shape index (κ2) is 7.06. The van der Waals surface area contributed by atoms with Crippen LogP contribution in [0.3, 0.4) is 0 Å². The van der Waals surface area contributed by atoms with Gasteiger partial charge >= 0.3 is 0 Å². The first-order valence-corrected chi connectivity index (χ1v) is 7.85. The van der Waals surface area contributed by atoms with Crippen LogP contribution in [0.25, 0.3) is 0 Å². The largest absolute Gasteiger partial charge is 0.454 e. The summed E-state index contributed by atoms with van der Waals surface area (Å²) in [5.41, 5.74) is 0.868. The standard InChI is InChI=1S/C18H18F2N2O3/c1-10(14-5-3-12(19)7-15(14)20)21-11(2)18(23)22-13-4-6-16-17(8-13)25-9-24-16/h3-8,10-11,21H,9H2,1-2H3,(H,22,23)/t10-,11-/m0/s1. The fourth-order valence-electron chi connectivity index (χ4n) is 2.62. The monoisotopic (exact) mass is 348 g/mol. The van der Waals surface area contributed by atoms with Crippen molar-refractivity contribution in [1.82, 2.24) is 5.32 Å². The second-order valence-electron chi connectivity index (χ2n) is 5.83. The molecular weight excluding hydrogens is 330 g/mol. The number of anilines is 1. The lowest BCUT2D eigenvalue weighted by atomic mass is 10.1. The molecular formula is C18H18F2N2O3. The molecule has 3 rings (SSSR count). The predicted octanol–water partition coefficient (Wildman–Crippen LogP) is 3.37. The van der Waals surface area contributed by atoms with Gasteiger partial charge in [-0.05, 0) is 32.0 Å². The van der Waals surface area contributed by atoms with Gasteiger partial charge in [0.25, 0.3) is 0 Å². The van der Waals surface area contributed by atoms with Crippen LogP contribution in [0.1, 0.15) is 25.5 Å². The lowest BCUT2D eigenvalue weighted by Crippen LogP contribution is -2.39. The number of halogens is 2. The van der Waals surface area contributed by atoms with Crippen molar-refractivity contribution >= 4 is 11.6 Å². The third-order valence-corrected chi connectivity index (χ3v) is 3.96. The van der Waals surface area contributed by atoms with Crippen LogP contribution < -0.4 is 20.1 Å². The molecule has 2 N–H and O–H groups in total. The highest BCUT2D eigenvalue weighted by Gasteiger charge is 2.20. The molecule has 0 saturated heterocycles. The molecule has 1 heterocycles. The molecule has 2 atom stereocenters. The van der Waals surface area contributed by atoms with Crippen LogP contribution >= 0.6 is 0 Å². The number of benzene rings is 2. The van der Waals surface area contributed by atoms with E-state index in [2.05, 4.69) is 10.6 Å². The van der Waals surface area contributed by atoms with E-state index < -0.39 is 23.7 Å². The number of hydrogen-bond donors (Lipinski definition) is 2. The molecule has 7 heteroatoms. The Morgan fingerprint density at radius 3 is 2.60 bits per heavy atom. The van der Waals surface area contributed by atoms with E-state index in [1.807, 2.05) is 0 Å². The van der Waals surface area contributed by atoms with E-state index in [0.717, 1.165) is 6.07 Å². The van der Waals surface area contributed by atoms with Crippen LogP contribution in [0.2, 0.25) is 0 Å². The summed E-state index contributed by atoms with van der Waals surface area (Å²) in [6, 6.07) is 7.43. The summed E-state index contributed by atoms with van der Waals surface area (Å²) in [5, 5.41) is 5.76. The summed E-state index contributed by atoms with van der Waals surface area (Å²) >= 11 is 0. The van der Waals surface area contributed by atoms with Crippen molar-refractivity contribution in [2.75, 3.05) is 12.1 Å². The van der Waals surface area contributed by atoms with Gasteiger partial charge < -0.3 is 14.8 Å². The van der Waals surface area contributed by atoms with Gasteiger partial charge in [0.2, 0.25) is 12.7 Å². The van der Waals surface area contributed by atoms with Crippen LogP contribution in [-0.2, 0) is 4.79 Å². The summed E-state index contributed by atoms with van der Waals surface area (Å²) in [7, 11) is 0. The lowest BCUT2D eigenvalue weighted by molar-refractivity contribution is -0.117. The molecule has 0 spiro atoms. The number of carbonyl (C=O) groups excluding carboxylic acids is 1. The van der Waals surface area contributed by atoms with Crippen LogP contribution in [0, 0.1) is 11.6 Å². The van der Waals surface area contributed by atoms with Gasteiger partial charge in [0.05, 0.1) is 6.04 Å². The Morgan fingerprint density at radius 1 is 1.08 bits per heavy atom. The minimum Gasteiger partial charge on any atom is -0.454 e. The average molecular weight is 348 g/mol. The number of fused-ring (bicyclic) bond motifs is 1. The first kappa shape index (κ1) is 17.2. The van der Waals surface area contributed by atoms with Crippen molar-refractivity contribution < 1.29 is 23.0 Å². The Kier molecular flexibility index (Phi) is 4.85. The molecule has 0 fully saturated rings. The highest BCUT2D eigenvalue weighted by molar-refractivity contribution is 5.94. The maximum atomic E-state index is 13.8. The molecule has 1 aliphatic heterocycles. The van der Waals surface area contributed by atoms with Crippen molar-refractivity contribution in [2.24, 2.45) is 0 Å². The first-order valence-electron chi connectivity index (χ1n) is 7.85. The predicted molar refractivity (Wildman–Crippen MR) is 88.6 cm³/mol. The molecule has 2 aromatic rings. The quantitative estimate of drug-likeness (QED) is 0.870. The van der Waals surface area contributed by atoms with Gasteiger partial charge in [-0.15, -0.1) is 0 Å². The summed E-state index contributed by atoms with van der Waals surface area (Å²) in [4.78, 5) is 12.3. The topological polar surface area (TPSA) is 59.6 Å². The Hall–Kier alpha value is -2.67. The molecule has 2 aromatic carbocycles. The summed E-state index contributed by atoms with van der Waals surface area (Å²) in [6.07, 6.45) is 0. The maximum Gasteiger partial charge on any atom is 0.241 e. The second-order valence-corrected chi connectivity index (χ2v) is 5.83. The van der Waals surface area contributed by atoms with Crippen molar-refractivity contribution in [3.8, 4) is 11.5 Å². The smallest absolute Gasteiger partial charge is 0.241 e.